The van der Waals surface area contributed by atoms with Gasteiger partial charge in [-0.15, -0.1) is 0 Å². The summed E-state index contributed by atoms with van der Waals surface area (Å²) in [6.07, 6.45) is 0.825. The quantitative estimate of drug-likeness (QED) is 0.817. The lowest BCUT2D eigenvalue weighted by molar-refractivity contribution is -0.145. The fraction of sp³-hybridized carbons (Fsp3) is 0.500. The Bertz CT molecular complexity index is 387. The normalized spacial score (nSPS) is 12.2. The second kappa shape index (κ2) is 5.71. The minimum Gasteiger partial charge on any atom is -0.507 e. The Hall–Kier alpha value is -1.51. The number of hydrogen-bond donors (Lipinski definition) is 1. The highest BCUT2D eigenvalue weighted by atomic mass is 16.5. The molecule has 0 saturated heterocycles. The van der Waals surface area contributed by atoms with E-state index in [0.717, 1.165) is 23.1 Å². The summed E-state index contributed by atoms with van der Waals surface area (Å²) >= 11 is 0. The molecule has 0 aromatic heterocycles. The van der Waals surface area contributed by atoms with Crippen molar-refractivity contribution in [2.45, 2.75) is 40.0 Å². The number of aryl methyl sites for hydroxylation is 2. The number of benzene rings is 1. The number of phenols is 1. The second-order valence-electron chi connectivity index (χ2n) is 4.39. The van der Waals surface area contributed by atoms with Crippen LogP contribution in [0.4, 0.5) is 0 Å². The van der Waals surface area contributed by atoms with Crippen molar-refractivity contribution in [3.63, 3.8) is 0 Å². The number of ether oxygens (including phenoxy) is 1. The van der Waals surface area contributed by atoms with Crippen LogP contribution >= 0.6 is 0 Å². The first-order valence-electron chi connectivity index (χ1n) is 5.94. The van der Waals surface area contributed by atoms with Crippen LogP contribution in [-0.2, 0) is 9.53 Å². The molecular formula is C14H20O3. The molecule has 0 saturated carbocycles. The van der Waals surface area contributed by atoms with Crippen molar-refractivity contribution in [3.05, 3.63) is 28.8 Å². The van der Waals surface area contributed by atoms with Crippen LogP contribution in [0, 0.1) is 13.8 Å². The molecule has 3 nitrogen and oxygen atoms in total. The van der Waals surface area contributed by atoms with Gasteiger partial charge >= 0.3 is 5.97 Å². The lowest BCUT2D eigenvalue weighted by Gasteiger charge is -2.14. The highest BCUT2D eigenvalue weighted by Crippen LogP contribution is 2.27. The molecule has 17 heavy (non-hydrogen) atoms. The Labute approximate surface area is 102 Å². The summed E-state index contributed by atoms with van der Waals surface area (Å²) in [7, 11) is 0. The average molecular weight is 236 g/mol. The average Bonchev–Trinajstić information content (AvgIpc) is 2.31. The molecular weight excluding hydrogens is 216 g/mol. The topological polar surface area (TPSA) is 46.5 Å². The molecule has 0 amide bonds. The summed E-state index contributed by atoms with van der Waals surface area (Å²) in [6.45, 7) is 7.90. The van der Waals surface area contributed by atoms with Gasteiger partial charge < -0.3 is 9.84 Å². The number of hydrogen-bond acceptors (Lipinski definition) is 3. The predicted octanol–water partition coefficient (Wildman–Crippen LogP) is 3.07. The Morgan fingerprint density at radius 3 is 2.35 bits per heavy atom. The van der Waals surface area contributed by atoms with Gasteiger partial charge in [-0.3, -0.25) is 4.79 Å². The Morgan fingerprint density at radius 2 is 1.88 bits per heavy atom. The van der Waals surface area contributed by atoms with Crippen LogP contribution in [0.15, 0.2) is 12.1 Å². The summed E-state index contributed by atoms with van der Waals surface area (Å²) in [5.74, 6) is -0.209. The molecule has 0 spiro atoms. The third kappa shape index (κ3) is 3.22. The monoisotopic (exact) mass is 236 g/mol. The summed E-state index contributed by atoms with van der Waals surface area (Å²) in [5.41, 5.74) is 2.46. The molecule has 1 unspecified atom stereocenters. The fourth-order valence-electron chi connectivity index (χ4n) is 1.70. The fourth-order valence-corrected chi connectivity index (χ4v) is 1.70. The number of rotatable bonds is 4. The maximum Gasteiger partial charge on any atom is 0.313 e. The van der Waals surface area contributed by atoms with E-state index in [2.05, 4.69) is 0 Å². The Kier molecular flexibility index (Phi) is 4.55. The van der Waals surface area contributed by atoms with E-state index in [1.54, 1.807) is 0 Å². The lowest BCUT2D eigenvalue weighted by atomic mass is 9.96. The van der Waals surface area contributed by atoms with Gasteiger partial charge in [0.05, 0.1) is 12.5 Å². The van der Waals surface area contributed by atoms with Gasteiger partial charge in [0.1, 0.15) is 5.75 Å². The van der Waals surface area contributed by atoms with Crippen LogP contribution in [0.5, 0.6) is 5.75 Å². The summed E-state index contributed by atoms with van der Waals surface area (Å²) in [5, 5.41) is 9.68. The van der Waals surface area contributed by atoms with E-state index < -0.39 is 0 Å². The number of aromatic hydroxyl groups is 1. The molecule has 1 aromatic rings. The van der Waals surface area contributed by atoms with Crippen LogP contribution < -0.4 is 0 Å². The van der Waals surface area contributed by atoms with Crippen LogP contribution in [0.25, 0.3) is 0 Å². The van der Waals surface area contributed by atoms with Gasteiger partial charge in [-0.1, -0.05) is 19.1 Å². The molecule has 0 bridgehead atoms. The molecule has 3 heteroatoms. The van der Waals surface area contributed by atoms with Crippen molar-refractivity contribution >= 4 is 5.97 Å². The molecule has 0 radical (unpaired) electrons. The van der Waals surface area contributed by atoms with Gasteiger partial charge in [-0.05, 0) is 43.9 Å². The van der Waals surface area contributed by atoms with Gasteiger partial charge in [0, 0.05) is 0 Å². The maximum atomic E-state index is 11.7. The van der Waals surface area contributed by atoms with Crippen LogP contribution in [-0.4, -0.2) is 17.7 Å². The van der Waals surface area contributed by atoms with Crippen molar-refractivity contribution in [3.8, 4) is 5.75 Å². The number of phenolic OH excluding ortho intramolecular Hbond substituents is 1. The van der Waals surface area contributed by atoms with E-state index >= 15 is 0 Å². The third-order valence-corrected chi connectivity index (χ3v) is 2.82. The summed E-state index contributed by atoms with van der Waals surface area (Å²) < 4.78 is 5.12. The number of esters is 1. The minimum atomic E-state index is -0.292. The van der Waals surface area contributed by atoms with Crippen LogP contribution in [0.2, 0.25) is 0 Å². The molecule has 1 rings (SSSR count). The molecule has 0 aliphatic carbocycles. The third-order valence-electron chi connectivity index (χ3n) is 2.82. The van der Waals surface area contributed by atoms with Gasteiger partial charge in [0.25, 0.3) is 0 Å². The van der Waals surface area contributed by atoms with Crippen LogP contribution in [0.1, 0.15) is 42.9 Å². The zero-order chi connectivity index (χ0) is 13.0. The minimum absolute atomic E-state index is 0.212. The van der Waals surface area contributed by atoms with Crippen molar-refractivity contribution in [1.82, 2.24) is 0 Å². The Morgan fingerprint density at radius 1 is 1.35 bits per heavy atom. The highest BCUT2D eigenvalue weighted by molar-refractivity contribution is 5.78. The number of carbonyl (C=O) groups excluding carboxylic acids is 1. The molecule has 1 atom stereocenters. The lowest BCUT2D eigenvalue weighted by Crippen LogP contribution is -2.14. The summed E-state index contributed by atoms with van der Waals surface area (Å²) in [4.78, 5) is 11.7. The van der Waals surface area contributed by atoms with Crippen LogP contribution in [0.3, 0.4) is 0 Å². The van der Waals surface area contributed by atoms with Gasteiger partial charge in [-0.25, -0.2) is 0 Å². The van der Waals surface area contributed by atoms with Crippen molar-refractivity contribution in [2.24, 2.45) is 0 Å². The van der Waals surface area contributed by atoms with E-state index in [1.807, 2.05) is 39.8 Å². The summed E-state index contributed by atoms with van der Waals surface area (Å²) in [6, 6.07) is 3.67. The Balaban J connectivity index is 2.89. The molecule has 1 aromatic carbocycles. The van der Waals surface area contributed by atoms with Crippen molar-refractivity contribution in [2.75, 3.05) is 6.61 Å². The van der Waals surface area contributed by atoms with E-state index in [-0.39, 0.29) is 11.9 Å². The van der Waals surface area contributed by atoms with E-state index in [1.165, 1.54) is 0 Å². The highest BCUT2D eigenvalue weighted by Gasteiger charge is 2.18. The first-order chi connectivity index (χ1) is 7.97. The second-order valence-corrected chi connectivity index (χ2v) is 4.39. The largest absolute Gasteiger partial charge is 0.507 e. The van der Waals surface area contributed by atoms with E-state index in [9.17, 15) is 9.90 Å². The van der Waals surface area contributed by atoms with E-state index in [4.69, 9.17) is 4.74 Å². The van der Waals surface area contributed by atoms with Gasteiger partial charge in [-0.2, -0.15) is 0 Å². The van der Waals surface area contributed by atoms with Crippen molar-refractivity contribution in [1.29, 1.82) is 0 Å². The molecule has 0 aliphatic heterocycles. The smallest absolute Gasteiger partial charge is 0.313 e. The molecule has 94 valence electrons. The molecule has 0 fully saturated rings. The first kappa shape index (κ1) is 13.6. The van der Waals surface area contributed by atoms with Gasteiger partial charge in [0.2, 0.25) is 0 Å². The van der Waals surface area contributed by atoms with E-state index in [0.29, 0.717) is 12.4 Å². The zero-order valence-electron chi connectivity index (χ0n) is 10.9. The molecule has 1 N–H and O–H groups in total. The maximum absolute atomic E-state index is 11.7. The van der Waals surface area contributed by atoms with Crippen molar-refractivity contribution < 1.29 is 14.6 Å². The predicted molar refractivity (Wildman–Crippen MR) is 67.2 cm³/mol. The molecule has 0 heterocycles. The number of carbonyl (C=O) groups is 1. The first-order valence-corrected chi connectivity index (χ1v) is 5.94. The van der Waals surface area contributed by atoms with Gasteiger partial charge in [0.15, 0.2) is 0 Å². The molecule has 0 aliphatic rings. The zero-order valence-corrected chi connectivity index (χ0v) is 10.9. The standard InChI is InChI=1S/C14H20O3/c1-5-6-17-14(16)11(4)12-7-9(2)13(15)10(3)8-12/h7-8,11,15H,5-6H2,1-4H3. The SMILES string of the molecule is CCCOC(=O)C(C)c1cc(C)c(O)c(C)c1.